The van der Waals surface area contributed by atoms with Gasteiger partial charge in [-0.3, -0.25) is 0 Å². The average molecular weight is 169 g/mol. The molecular formula is C10H19NO. The number of nitrogens with zero attached hydrogens (tertiary/aromatic N) is 1. The zero-order valence-corrected chi connectivity index (χ0v) is 8.18. The van der Waals surface area contributed by atoms with Crippen LogP contribution in [-0.2, 0) is 4.79 Å². The van der Waals surface area contributed by atoms with Crippen molar-refractivity contribution < 1.29 is 4.79 Å². The Morgan fingerprint density at radius 1 is 1.42 bits per heavy atom. The first-order chi connectivity index (χ1) is 5.68. The van der Waals surface area contributed by atoms with Crippen molar-refractivity contribution in [2.24, 2.45) is 5.92 Å². The van der Waals surface area contributed by atoms with Gasteiger partial charge in [0.15, 0.2) is 0 Å². The fourth-order valence-electron chi connectivity index (χ4n) is 1.92. The van der Waals surface area contributed by atoms with Gasteiger partial charge in [-0.1, -0.05) is 0 Å². The fourth-order valence-corrected chi connectivity index (χ4v) is 1.92. The maximum atomic E-state index is 10.9. The predicted octanol–water partition coefficient (Wildman–Crippen LogP) is 1.70. The van der Waals surface area contributed by atoms with Gasteiger partial charge in [0.1, 0.15) is 5.78 Å². The SMILES string of the molecule is CC(=O)CC1CCCN(C)CC1. The van der Waals surface area contributed by atoms with Crippen molar-refractivity contribution >= 4 is 5.78 Å². The number of carbonyl (C=O) groups is 1. The van der Waals surface area contributed by atoms with Gasteiger partial charge in [0.25, 0.3) is 0 Å². The van der Waals surface area contributed by atoms with Crippen LogP contribution in [0.3, 0.4) is 0 Å². The van der Waals surface area contributed by atoms with Gasteiger partial charge < -0.3 is 9.69 Å². The molecule has 0 spiro atoms. The van der Waals surface area contributed by atoms with Crippen LogP contribution < -0.4 is 0 Å². The number of Topliss-reactive ketones (excluding diaryl/α,β-unsaturated/α-hetero) is 1. The number of hydrogen-bond acceptors (Lipinski definition) is 2. The quantitative estimate of drug-likeness (QED) is 0.627. The monoisotopic (exact) mass is 169 g/mol. The lowest BCUT2D eigenvalue weighted by molar-refractivity contribution is -0.117. The Balaban J connectivity index is 2.30. The summed E-state index contributed by atoms with van der Waals surface area (Å²) >= 11 is 0. The molecule has 2 heteroatoms. The number of hydrogen-bond donors (Lipinski definition) is 0. The lowest BCUT2D eigenvalue weighted by atomic mass is 9.95. The van der Waals surface area contributed by atoms with Crippen LogP contribution in [0.4, 0.5) is 0 Å². The van der Waals surface area contributed by atoms with Crippen LogP contribution in [0.15, 0.2) is 0 Å². The van der Waals surface area contributed by atoms with Gasteiger partial charge in [-0.2, -0.15) is 0 Å². The smallest absolute Gasteiger partial charge is 0.130 e. The third-order valence-corrected chi connectivity index (χ3v) is 2.65. The number of rotatable bonds is 2. The lowest BCUT2D eigenvalue weighted by Crippen LogP contribution is -2.19. The third-order valence-electron chi connectivity index (χ3n) is 2.65. The second-order valence-electron chi connectivity index (χ2n) is 4.01. The molecule has 1 fully saturated rings. The molecule has 0 aromatic carbocycles. The van der Waals surface area contributed by atoms with Gasteiger partial charge in [-0.05, 0) is 52.2 Å². The maximum Gasteiger partial charge on any atom is 0.130 e. The molecule has 0 aliphatic carbocycles. The fraction of sp³-hybridized carbons (Fsp3) is 0.900. The maximum absolute atomic E-state index is 10.9. The predicted molar refractivity (Wildman–Crippen MR) is 50.1 cm³/mol. The first-order valence-corrected chi connectivity index (χ1v) is 4.86. The summed E-state index contributed by atoms with van der Waals surface area (Å²) in [7, 11) is 2.16. The van der Waals surface area contributed by atoms with Gasteiger partial charge in [0.05, 0.1) is 0 Å². The minimum absolute atomic E-state index is 0.351. The van der Waals surface area contributed by atoms with E-state index in [-0.39, 0.29) is 0 Å². The first kappa shape index (κ1) is 9.72. The first-order valence-electron chi connectivity index (χ1n) is 4.86. The van der Waals surface area contributed by atoms with E-state index in [0.717, 1.165) is 13.0 Å². The molecule has 0 saturated carbocycles. The van der Waals surface area contributed by atoms with Crippen molar-refractivity contribution in [1.29, 1.82) is 0 Å². The van der Waals surface area contributed by atoms with E-state index < -0.39 is 0 Å². The molecule has 0 aromatic heterocycles. The normalized spacial score (nSPS) is 26.7. The second kappa shape index (κ2) is 4.61. The molecule has 70 valence electrons. The number of ketones is 1. The topological polar surface area (TPSA) is 20.3 Å². The van der Waals surface area contributed by atoms with Gasteiger partial charge in [0.2, 0.25) is 0 Å². The summed E-state index contributed by atoms with van der Waals surface area (Å²) in [6.45, 7) is 4.07. The Kier molecular flexibility index (Phi) is 3.73. The van der Waals surface area contributed by atoms with E-state index in [4.69, 9.17) is 0 Å². The largest absolute Gasteiger partial charge is 0.306 e. The highest BCUT2D eigenvalue weighted by Gasteiger charge is 2.15. The molecular weight excluding hydrogens is 150 g/mol. The van der Waals surface area contributed by atoms with Crippen molar-refractivity contribution in [3.63, 3.8) is 0 Å². The lowest BCUT2D eigenvalue weighted by Gasteiger charge is -2.13. The van der Waals surface area contributed by atoms with Gasteiger partial charge in [-0.15, -0.1) is 0 Å². The van der Waals surface area contributed by atoms with E-state index in [9.17, 15) is 4.79 Å². The second-order valence-corrected chi connectivity index (χ2v) is 4.01. The van der Waals surface area contributed by atoms with E-state index in [1.807, 2.05) is 0 Å². The molecule has 1 rings (SSSR count). The van der Waals surface area contributed by atoms with Crippen LogP contribution in [0.1, 0.15) is 32.6 Å². The highest BCUT2D eigenvalue weighted by molar-refractivity contribution is 5.75. The molecule has 1 atom stereocenters. The van der Waals surface area contributed by atoms with Crippen molar-refractivity contribution in [2.45, 2.75) is 32.6 Å². The highest BCUT2D eigenvalue weighted by atomic mass is 16.1. The van der Waals surface area contributed by atoms with Gasteiger partial charge in [0, 0.05) is 6.42 Å². The molecule has 1 aliphatic heterocycles. The summed E-state index contributed by atoms with van der Waals surface area (Å²) in [5.74, 6) is 1.01. The zero-order chi connectivity index (χ0) is 8.97. The molecule has 2 nitrogen and oxygen atoms in total. The van der Waals surface area contributed by atoms with Gasteiger partial charge >= 0.3 is 0 Å². The minimum Gasteiger partial charge on any atom is -0.306 e. The number of likely N-dealkylation sites (tertiary alicyclic amines) is 1. The Hall–Kier alpha value is -0.370. The van der Waals surface area contributed by atoms with Crippen molar-refractivity contribution in [3.8, 4) is 0 Å². The van der Waals surface area contributed by atoms with Crippen LogP contribution >= 0.6 is 0 Å². The summed E-state index contributed by atoms with van der Waals surface area (Å²) in [5, 5.41) is 0. The molecule has 1 unspecified atom stereocenters. The van der Waals surface area contributed by atoms with Crippen LogP contribution in [0, 0.1) is 5.92 Å². The van der Waals surface area contributed by atoms with Gasteiger partial charge in [-0.25, -0.2) is 0 Å². The molecule has 0 radical (unpaired) electrons. The molecule has 0 aromatic rings. The van der Waals surface area contributed by atoms with Crippen molar-refractivity contribution in [3.05, 3.63) is 0 Å². The summed E-state index contributed by atoms with van der Waals surface area (Å²) < 4.78 is 0. The Bertz CT molecular complexity index is 156. The van der Waals surface area contributed by atoms with E-state index >= 15 is 0 Å². The average Bonchev–Trinajstić information content (AvgIpc) is 2.15. The molecule has 0 amide bonds. The molecule has 1 saturated heterocycles. The number of carbonyl (C=O) groups excluding carboxylic acids is 1. The Morgan fingerprint density at radius 3 is 2.83 bits per heavy atom. The van der Waals surface area contributed by atoms with E-state index in [2.05, 4.69) is 11.9 Å². The van der Waals surface area contributed by atoms with Crippen LogP contribution in [0.25, 0.3) is 0 Å². The molecule has 0 N–H and O–H groups in total. The Morgan fingerprint density at radius 2 is 2.17 bits per heavy atom. The summed E-state index contributed by atoms with van der Waals surface area (Å²) in [4.78, 5) is 13.3. The third kappa shape index (κ3) is 3.35. The van der Waals surface area contributed by atoms with Crippen LogP contribution in [0.5, 0.6) is 0 Å². The zero-order valence-electron chi connectivity index (χ0n) is 8.18. The van der Waals surface area contributed by atoms with E-state index in [1.165, 1.54) is 25.8 Å². The molecule has 1 aliphatic rings. The highest BCUT2D eigenvalue weighted by Crippen LogP contribution is 2.19. The van der Waals surface area contributed by atoms with E-state index in [1.54, 1.807) is 6.92 Å². The summed E-state index contributed by atoms with van der Waals surface area (Å²) in [5.41, 5.74) is 0. The summed E-state index contributed by atoms with van der Waals surface area (Å²) in [6.07, 6.45) is 4.50. The van der Waals surface area contributed by atoms with E-state index in [0.29, 0.717) is 11.7 Å². The van der Waals surface area contributed by atoms with Crippen molar-refractivity contribution in [2.75, 3.05) is 20.1 Å². The standard InChI is InChI=1S/C10H19NO/c1-9(12)8-10-4-3-6-11(2)7-5-10/h10H,3-8H2,1-2H3. The van der Waals surface area contributed by atoms with Crippen LogP contribution in [0.2, 0.25) is 0 Å². The van der Waals surface area contributed by atoms with Crippen molar-refractivity contribution in [1.82, 2.24) is 4.90 Å². The molecule has 12 heavy (non-hydrogen) atoms. The Labute approximate surface area is 74.9 Å². The molecule has 0 bridgehead atoms. The van der Waals surface area contributed by atoms with Crippen LogP contribution in [-0.4, -0.2) is 30.8 Å². The summed E-state index contributed by atoms with van der Waals surface area (Å²) in [6, 6.07) is 0. The minimum atomic E-state index is 0.351. The molecule has 1 heterocycles.